The highest BCUT2D eigenvalue weighted by atomic mass is 16.2. The lowest BCUT2D eigenvalue weighted by molar-refractivity contribution is -0.131. The molecular formula is C28H34N8O3. The number of fused-ring (bicyclic) bond motifs is 1. The highest BCUT2D eigenvalue weighted by Crippen LogP contribution is 2.32. The third-order valence-electron chi connectivity index (χ3n) is 7.23. The Morgan fingerprint density at radius 3 is 2.41 bits per heavy atom. The van der Waals surface area contributed by atoms with Crippen LogP contribution in [0, 0.1) is 0 Å². The van der Waals surface area contributed by atoms with Gasteiger partial charge in [-0.05, 0) is 18.2 Å². The third-order valence-corrected chi connectivity index (χ3v) is 7.23. The van der Waals surface area contributed by atoms with Gasteiger partial charge in [0, 0.05) is 64.8 Å². The van der Waals surface area contributed by atoms with Crippen LogP contribution in [-0.2, 0) is 31.4 Å². The zero-order chi connectivity index (χ0) is 27.5. The van der Waals surface area contributed by atoms with Crippen molar-refractivity contribution < 1.29 is 4.79 Å². The Morgan fingerprint density at radius 2 is 1.72 bits per heavy atom. The second kappa shape index (κ2) is 11.1. The van der Waals surface area contributed by atoms with Gasteiger partial charge in [0.05, 0.1) is 11.4 Å². The lowest BCUT2D eigenvalue weighted by Gasteiger charge is -2.36. The smallest absolute Gasteiger partial charge is 0.333 e. The van der Waals surface area contributed by atoms with E-state index < -0.39 is 17.4 Å². The van der Waals surface area contributed by atoms with E-state index in [-0.39, 0.29) is 19.0 Å². The van der Waals surface area contributed by atoms with Crippen LogP contribution in [0.4, 0.5) is 17.2 Å². The number of rotatable bonds is 9. The maximum Gasteiger partial charge on any atom is 0.333 e. The molecule has 0 saturated carbocycles. The molecule has 1 unspecified atom stereocenters. The van der Waals surface area contributed by atoms with E-state index in [0.717, 1.165) is 29.0 Å². The first-order chi connectivity index (χ1) is 18.9. The molecule has 1 fully saturated rings. The Balaban J connectivity index is 1.24. The molecule has 2 aromatic heterocycles. The fraction of sp³-hybridized carbons (Fsp3) is 0.357. The van der Waals surface area contributed by atoms with Crippen molar-refractivity contribution in [1.82, 2.24) is 23.8 Å². The van der Waals surface area contributed by atoms with Crippen molar-refractivity contribution in [2.24, 2.45) is 7.05 Å². The fourth-order valence-corrected chi connectivity index (χ4v) is 5.21. The zero-order valence-electron chi connectivity index (χ0n) is 22.2. The number of hydrogen-bond acceptors (Lipinski definition) is 7. The van der Waals surface area contributed by atoms with Gasteiger partial charge in [0.1, 0.15) is 17.7 Å². The van der Waals surface area contributed by atoms with Crippen molar-refractivity contribution in [3.05, 3.63) is 93.9 Å². The molecule has 0 bridgehead atoms. The summed E-state index contributed by atoms with van der Waals surface area (Å²) in [7, 11) is 1.82. The number of hydrogen-bond donors (Lipinski definition) is 2. The topological polar surface area (TPSA) is 109 Å². The van der Waals surface area contributed by atoms with E-state index in [1.807, 2.05) is 36.2 Å². The van der Waals surface area contributed by atoms with Crippen LogP contribution in [0.2, 0.25) is 0 Å². The minimum Gasteiger partial charge on any atom is -0.368 e. The van der Waals surface area contributed by atoms with Crippen molar-refractivity contribution in [3.63, 3.8) is 0 Å². The number of carbonyl (C=O) groups excluding carboxylic acids is 1. The van der Waals surface area contributed by atoms with Crippen molar-refractivity contribution in [2.75, 3.05) is 41.7 Å². The molecule has 2 aliphatic rings. The minimum atomic E-state index is -0.462. The Hall–Kier alpha value is -4.54. The van der Waals surface area contributed by atoms with Gasteiger partial charge in [0.25, 0.3) is 5.56 Å². The van der Waals surface area contributed by atoms with Crippen LogP contribution >= 0.6 is 0 Å². The molecule has 0 radical (unpaired) electrons. The molecule has 2 N–H and O–H groups in total. The summed E-state index contributed by atoms with van der Waals surface area (Å²) >= 11 is 0. The summed E-state index contributed by atoms with van der Waals surface area (Å²) < 4.78 is 4.35. The maximum atomic E-state index is 13.0. The first-order valence-electron chi connectivity index (χ1n) is 13.1. The van der Waals surface area contributed by atoms with E-state index in [2.05, 4.69) is 45.9 Å². The number of aryl methyl sites for hydroxylation is 2. The normalized spacial score (nSPS) is 16.4. The van der Waals surface area contributed by atoms with E-state index >= 15 is 0 Å². The van der Waals surface area contributed by atoms with Crippen molar-refractivity contribution in [1.29, 1.82) is 0 Å². The number of aromatic nitrogens is 4. The first-order valence-corrected chi connectivity index (χ1v) is 13.1. The van der Waals surface area contributed by atoms with Gasteiger partial charge in [-0.1, -0.05) is 30.4 Å². The molecule has 0 spiro atoms. The quantitative estimate of drug-likeness (QED) is 0.407. The number of para-hydroxylation sites is 1. The molecule has 39 heavy (non-hydrogen) atoms. The van der Waals surface area contributed by atoms with Crippen molar-refractivity contribution >= 4 is 23.1 Å². The predicted octanol–water partition coefficient (Wildman–Crippen LogP) is 1.93. The Morgan fingerprint density at radius 1 is 1.03 bits per heavy atom. The molecule has 11 heteroatoms. The van der Waals surface area contributed by atoms with Crippen molar-refractivity contribution in [2.45, 2.75) is 32.1 Å². The van der Waals surface area contributed by atoms with E-state index in [4.69, 9.17) is 0 Å². The molecule has 204 valence electrons. The summed E-state index contributed by atoms with van der Waals surface area (Å²) in [6, 6.07) is 12.2. The largest absolute Gasteiger partial charge is 0.368 e. The number of allylic oxidation sites excluding steroid dienone is 2. The Bertz CT molecular complexity index is 1500. The van der Waals surface area contributed by atoms with Gasteiger partial charge in [0.2, 0.25) is 5.91 Å². The molecule has 1 aromatic carbocycles. The summed E-state index contributed by atoms with van der Waals surface area (Å²) in [5, 5.41) is 11.1. The van der Waals surface area contributed by atoms with E-state index in [0.29, 0.717) is 37.4 Å². The van der Waals surface area contributed by atoms with Gasteiger partial charge in [-0.25, -0.2) is 4.79 Å². The van der Waals surface area contributed by atoms with Crippen LogP contribution in [0.5, 0.6) is 0 Å². The second-order valence-electron chi connectivity index (χ2n) is 9.72. The molecular weight excluding hydrogens is 496 g/mol. The fourth-order valence-electron chi connectivity index (χ4n) is 5.21. The summed E-state index contributed by atoms with van der Waals surface area (Å²) in [5.74, 6) is 0.540. The number of carbonyl (C=O) groups is 1. The van der Waals surface area contributed by atoms with Crippen LogP contribution in [0.1, 0.15) is 24.0 Å². The minimum absolute atomic E-state index is 0.111. The van der Waals surface area contributed by atoms with E-state index in [9.17, 15) is 14.4 Å². The monoisotopic (exact) mass is 530 g/mol. The maximum absolute atomic E-state index is 13.0. The zero-order valence-corrected chi connectivity index (χ0v) is 22.2. The van der Waals surface area contributed by atoms with Crippen molar-refractivity contribution in [3.8, 4) is 0 Å². The van der Waals surface area contributed by atoms with Crippen LogP contribution in [0.25, 0.3) is 0 Å². The average molecular weight is 531 g/mol. The summed E-state index contributed by atoms with van der Waals surface area (Å²) in [6.07, 6.45) is 3.55. The van der Waals surface area contributed by atoms with Gasteiger partial charge >= 0.3 is 5.69 Å². The predicted molar refractivity (Wildman–Crippen MR) is 152 cm³/mol. The van der Waals surface area contributed by atoms with Crippen LogP contribution in [-0.4, -0.2) is 55.9 Å². The molecule has 2 aliphatic heterocycles. The SMILES string of the molecule is C=CCn1c2c(c(=O)n(CC=C)c1=O)NC(c1cc(CCC(=O)N3CCN(c4ccccc4)CC3)nn1C)N2. The van der Waals surface area contributed by atoms with Gasteiger partial charge in [-0.2, -0.15) is 5.10 Å². The van der Waals surface area contributed by atoms with Gasteiger partial charge in [-0.15, -0.1) is 13.2 Å². The molecule has 1 saturated heterocycles. The second-order valence-corrected chi connectivity index (χ2v) is 9.72. The van der Waals surface area contributed by atoms with Gasteiger partial charge in [-0.3, -0.25) is 23.4 Å². The van der Waals surface area contributed by atoms with Gasteiger partial charge in [0.15, 0.2) is 0 Å². The number of benzene rings is 1. The Labute approximate surface area is 226 Å². The van der Waals surface area contributed by atoms with E-state index in [1.54, 1.807) is 10.8 Å². The highest BCUT2D eigenvalue weighted by Gasteiger charge is 2.31. The number of nitrogens with zero attached hydrogens (tertiary/aromatic N) is 6. The molecule has 1 amide bonds. The molecule has 4 heterocycles. The number of anilines is 3. The third kappa shape index (κ3) is 5.12. The molecule has 1 atom stereocenters. The first kappa shape index (κ1) is 26.1. The summed E-state index contributed by atoms with van der Waals surface area (Å²) in [6.45, 7) is 10.8. The van der Waals surface area contributed by atoms with Gasteiger partial charge < -0.3 is 20.4 Å². The summed E-state index contributed by atoms with van der Waals surface area (Å²) in [5.41, 5.74) is 2.24. The average Bonchev–Trinajstić information content (AvgIpc) is 3.56. The highest BCUT2D eigenvalue weighted by molar-refractivity contribution is 5.77. The summed E-state index contributed by atoms with van der Waals surface area (Å²) in [4.78, 5) is 43.1. The standard InChI is InChI=1S/C28H34N8O3/c1-4-13-35-26-24(27(38)36(14-5-2)28(35)39)29-25(30-26)22-19-20(31-32(22)3)11-12-23(37)34-17-15-33(16-18-34)21-9-7-6-8-10-21/h4-10,19,25,29-30H,1-2,11-18H2,3H3. The van der Waals surface area contributed by atoms with E-state index in [1.165, 1.54) is 16.3 Å². The molecule has 5 rings (SSSR count). The number of nitrogens with one attached hydrogen (secondary N) is 2. The lowest BCUT2D eigenvalue weighted by atomic mass is 10.2. The molecule has 0 aliphatic carbocycles. The van der Waals surface area contributed by atoms with Crippen LogP contribution in [0.3, 0.4) is 0 Å². The number of piperazine rings is 1. The molecule has 3 aromatic rings. The van der Waals surface area contributed by atoms with Crippen LogP contribution < -0.4 is 26.8 Å². The Kier molecular flexibility index (Phi) is 7.40. The number of amides is 1. The van der Waals surface area contributed by atoms with Crippen LogP contribution in [0.15, 0.2) is 71.3 Å². The molecule has 11 nitrogen and oxygen atoms in total. The lowest BCUT2D eigenvalue weighted by Crippen LogP contribution is -2.48.